The van der Waals surface area contributed by atoms with Crippen LogP contribution in [-0.4, -0.2) is 35.3 Å². The number of hydrogen-bond donors (Lipinski definition) is 2. The van der Waals surface area contributed by atoms with Crippen LogP contribution in [0.25, 0.3) is 0 Å². The van der Waals surface area contributed by atoms with Crippen LogP contribution in [0, 0.1) is 15.5 Å². The van der Waals surface area contributed by atoms with Gasteiger partial charge in [-0.2, -0.15) is 0 Å². The van der Waals surface area contributed by atoms with Crippen LogP contribution in [0.5, 0.6) is 0 Å². The first-order valence-corrected chi connectivity index (χ1v) is 7.95. The number of halogens is 1. The number of amides is 1. The SMILES string of the molecule is O=C(O)NC1CC2(CCN(c3ccc([N+](=O)[O-])cc3Cl)CC2)C1. The normalized spacial score (nSPS) is 20.1. The van der Waals surface area contributed by atoms with E-state index in [-0.39, 0.29) is 17.1 Å². The van der Waals surface area contributed by atoms with Crippen LogP contribution in [0.1, 0.15) is 25.7 Å². The second-order valence-electron chi connectivity index (χ2n) is 6.43. The fraction of sp³-hybridized carbons (Fsp3) is 0.533. The maximum atomic E-state index is 10.8. The average molecular weight is 340 g/mol. The molecule has 2 N–H and O–H groups in total. The standard InChI is InChI=1S/C15H18ClN3O4/c16-12-7-11(19(22)23)1-2-13(12)18-5-3-15(4-6-18)8-10(9-15)17-14(20)21/h1-2,7,10,17H,3-6,8-9H2,(H,20,21). The van der Waals surface area contributed by atoms with Crippen LogP contribution in [0.2, 0.25) is 5.02 Å². The summed E-state index contributed by atoms with van der Waals surface area (Å²) in [6.45, 7) is 1.66. The first kappa shape index (κ1) is 15.9. The fourth-order valence-corrected chi connectivity index (χ4v) is 4.05. The van der Waals surface area contributed by atoms with Crippen molar-refractivity contribution in [3.8, 4) is 0 Å². The molecule has 0 bridgehead atoms. The lowest BCUT2D eigenvalue weighted by Crippen LogP contribution is -2.54. The van der Waals surface area contributed by atoms with E-state index < -0.39 is 11.0 Å². The van der Waals surface area contributed by atoms with E-state index in [1.165, 1.54) is 12.1 Å². The number of nitro benzene ring substituents is 1. The van der Waals surface area contributed by atoms with Gasteiger partial charge < -0.3 is 15.3 Å². The summed E-state index contributed by atoms with van der Waals surface area (Å²) in [6, 6.07) is 4.63. The Morgan fingerprint density at radius 2 is 2.04 bits per heavy atom. The van der Waals surface area contributed by atoms with Gasteiger partial charge in [0.15, 0.2) is 0 Å². The largest absolute Gasteiger partial charge is 0.465 e. The van der Waals surface area contributed by atoms with Gasteiger partial charge in [-0.15, -0.1) is 0 Å². The third kappa shape index (κ3) is 3.19. The van der Waals surface area contributed by atoms with Crippen LogP contribution < -0.4 is 10.2 Å². The molecule has 1 aliphatic heterocycles. The molecule has 1 saturated heterocycles. The van der Waals surface area contributed by atoms with Crippen molar-refractivity contribution in [3.63, 3.8) is 0 Å². The van der Waals surface area contributed by atoms with Crippen molar-refractivity contribution in [2.75, 3.05) is 18.0 Å². The maximum absolute atomic E-state index is 10.8. The Balaban J connectivity index is 1.60. The summed E-state index contributed by atoms with van der Waals surface area (Å²) < 4.78 is 0. The Morgan fingerprint density at radius 3 is 2.57 bits per heavy atom. The van der Waals surface area contributed by atoms with Crippen LogP contribution in [0.4, 0.5) is 16.2 Å². The van der Waals surface area contributed by atoms with Crippen molar-refractivity contribution in [1.29, 1.82) is 0 Å². The second kappa shape index (κ2) is 5.88. The monoisotopic (exact) mass is 339 g/mol. The Labute approximate surface area is 138 Å². The lowest BCUT2D eigenvalue weighted by atomic mass is 9.60. The number of nitro groups is 1. The number of carboxylic acid groups (broad SMARTS) is 1. The summed E-state index contributed by atoms with van der Waals surface area (Å²) in [4.78, 5) is 23.1. The quantitative estimate of drug-likeness (QED) is 0.651. The molecule has 23 heavy (non-hydrogen) atoms. The van der Waals surface area contributed by atoms with Crippen molar-refractivity contribution >= 4 is 29.1 Å². The molecule has 0 aromatic heterocycles. The maximum Gasteiger partial charge on any atom is 0.404 e. The summed E-state index contributed by atoms with van der Waals surface area (Å²) in [7, 11) is 0. The van der Waals surface area contributed by atoms with E-state index in [1.807, 2.05) is 0 Å². The predicted molar refractivity (Wildman–Crippen MR) is 86.2 cm³/mol. The predicted octanol–water partition coefficient (Wildman–Crippen LogP) is 3.26. The highest BCUT2D eigenvalue weighted by Gasteiger charge is 2.46. The van der Waals surface area contributed by atoms with Gasteiger partial charge in [0, 0.05) is 31.3 Å². The molecule has 2 fully saturated rings. The summed E-state index contributed by atoms with van der Waals surface area (Å²) in [5.74, 6) is 0. The topological polar surface area (TPSA) is 95.7 Å². The Morgan fingerprint density at radius 1 is 1.39 bits per heavy atom. The number of nitrogens with zero attached hydrogens (tertiary/aromatic N) is 2. The molecule has 1 amide bonds. The molecule has 0 atom stereocenters. The van der Waals surface area contributed by atoms with Crippen molar-refractivity contribution in [3.05, 3.63) is 33.3 Å². The highest BCUT2D eigenvalue weighted by molar-refractivity contribution is 6.33. The number of hydrogen-bond acceptors (Lipinski definition) is 4. The van der Waals surface area contributed by atoms with E-state index in [9.17, 15) is 14.9 Å². The van der Waals surface area contributed by atoms with E-state index in [0.717, 1.165) is 44.5 Å². The molecule has 2 aliphatic rings. The molecule has 0 radical (unpaired) electrons. The van der Waals surface area contributed by atoms with Gasteiger partial charge in [0.2, 0.25) is 0 Å². The third-order valence-electron chi connectivity index (χ3n) is 4.99. The van der Waals surface area contributed by atoms with E-state index in [2.05, 4.69) is 10.2 Å². The summed E-state index contributed by atoms with van der Waals surface area (Å²) in [6.07, 6.45) is 2.79. The van der Waals surface area contributed by atoms with Gasteiger partial charge in [0.1, 0.15) is 0 Å². The Bertz CT molecular complexity index is 636. The molecule has 0 unspecified atom stereocenters. The highest BCUT2D eigenvalue weighted by Crippen LogP contribution is 2.50. The number of rotatable bonds is 3. The molecule has 1 aromatic rings. The first-order valence-electron chi connectivity index (χ1n) is 7.57. The smallest absolute Gasteiger partial charge is 0.404 e. The van der Waals surface area contributed by atoms with Gasteiger partial charge in [-0.1, -0.05) is 11.6 Å². The number of nitrogens with one attached hydrogen (secondary N) is 1. The minimum atomic E-state index is -0.958. The molecule has 124 valence electrons. The minimum Gasteiger partial charge on any atom is -0.465 e. The average Bonchev–Trinajstić information content (AvgIpc) is 2.46. The van der Waals surface area contributed by atoms with Crippen molar-refractivity contribution in [1.82, 2.24) is 5.32 Å². The van der Waals surface area contributed by atoms with E-state index in [4.69, 9.17) is 16.7 Å². The van der Waals surface area contributed by atoms with Gasteiger partial charge in [-0.3, -0.25) is 10.1 Å². The van der Waals surface area contributed by atoms with Gasteiger partial charge in [-0.05, 0) is 37.2 Å². The zero-order chi connectivity index (χ0) is 16.6. The number of anilines is 1. The van der Waals surface area contributed by atoms with Crippen LogP contribution >= 0.6 is 11.6 Å². The lowest BCUT2D eigenvalue weighted by Gasteiger charge is -2.52. The van der Waals surface area contributed by atoms with E-state index in [1.54, 1.807) is 6.07 Å². The number of non-ortho nitro benzene ring substituents is 1. The van der Waals surface area contributed by atoms with Crippen LogP contribution in [0.15, 0.2) is 18.2 Å². The Kier molecular flexibility index (Phi) is 4.06. The summed E-state index contributed by atoms with van der Waals surface area (Å²) in [5.41, 5.74) is 1.05. The Hall–Kier alpha value is -2.02. The molecule has 1 spiro atoms. The lowest BCUT2D eigenvalue weighted by molar-refractivity contribution is -0.384. The molecule has 3 rings (SSSR count). The van der Waals surface area contributed by atoms with Crippen molar-refractivity contribution in [2.24, 2.45) is 5.41 Å². The van der Waals surface area contributed by atoms with Gasteiger partial charge in [-0.25, -0.2) is 4.79 Å². The minimum absolute atomic E-state index is 0.00573. The summed E-state index contributed by atoms with van der Waals surface area (Å²) in [5, 5.41) is 22.4. The third-order valence-corrected chi connectivity index (χ3v) is 5.30. The molecular formula is C15H18ClN3O4. The van der Waals surface area contributed by atoms with Gasteiger partial charge in [0.25, 0.3) is 5.69 Å². The van der Waals surface area contributed by atoms with Gasteiger partial charge in [0.05, 0.1) is 15.6 Å². The summed E-state index contributed by atoms with van der Waals surface area (Å²) >= 11 is 6.18. The number of carbonyl (C=O) groups is 1. The van der Waals surface area contributed by atoms with Crippen molar-refractivity contribution < 1.29 is 14.8 Å². The molecule has 1 heterocycles. The molecule has 1 aromatic carbocycles. The van der Waals surface area contributed by atoms with E-state index in [0.29, 0.717) is 5.02 Å². The van der Waals surface area contributed by atoms with E-state index >= 15 is 0 Å². The number of benzene rings is 1. The zero-order valence-corrected chi connectivity index (χ0v) is 13.3. The van der Waals surface area contributed by atoms with Gasteiger partial charge >= 0.3 is 6.09 Å². The molecule has 8 heteroatoms. The second-order valence-corrected chi connectivity index (χ2v) is 6.84. The molecular weight excluding hydrogens is 322 g/mol. The van der Waals surface area contributed by atoms with Crippen LogP contribution in [0.3, 0.4) is 0 Å². The van der Waals surface area contributed by atoms with Crippen LogP contribution in [-0.2, 0) is 0 Å². The first-order chi connectivity index (χ1) is 10.9. The van der Waals surface area contributed by atoms with Crippen molar-refractivity contribution in [2.45, 2.75) is 31.7 Å². The zero-order valence-electron chi connectivity index (χ0n) is 12.5. The fourth-order valence-electron chi connectivity index (χ4n) is 3.76. The molecule has 7 nitrogen and oxygen atoms in total. The molecule has 1 aliphatic carbocycles. The highest BCUT2D eigenvalue weighted by atomic mass is 35.5. The molecule has 1 saturated carbocycles. The number of piperidine rings is 1.